The van der Waals surface area contributed by atoms with Gasteiger partial charge in [-0.1, -0.05) is 25.1 Å². The molecule has 2 aromatic carbocycles. The van der Waals surface area contributed by atoms with Crippen LogP contribution in [0, 0.1) is 5.82 Å². The number of halogens is 1. The number of rotatable bonds is 7. The fourth-order valence-electron chi connectivity index (χ4n) is 1.98. The van der Waals surface area contributed by atoms with E-state index >= 15 is 0 Å². The fourth-order valence-corrected chi connectivity index (χ4v) is 2.89. The van der Waals surface area contributed by atoms with Crippen LogP contribution in [0.2, 0.25) is 0 Å². The third kappa shape index (κ3) is 4.55. The SMILES string of the molecule is CCS(=O)(=O)c1ccc(F)c(C(=O)NCCOc2ccccc2)c1. The number of hydrogen-bond acceptors (Lipinski definition) is 4. The first-order chi connectivity index (χ1) is 11.4. The van der Waals surface area contributed by atoms with Crippen LogP contribution in [0.15, 0.2) is 53.4 Å². The lowest BCUT2D eigenvalue weighted by molar-refractivity contribution is 0.0942. The van der Waals surface area contributed by atoms with Crippen LogP contribution < -0.4 is 10.1 Å². The van der Waals surface area contributed by atoms with Gasteiger partial charge >= 0.3 is 0 Å². The molecule has 0 atom stereocenters. The number of ether oxygens (including phenoxy) is 1. The molecule has 5 nitrogen and oxygen atoms in total. The van der Waals surface area contributed by atoms with Crippen molar-refractivity contribution in [2.45, 2.75) is 11.8 Å². The van der Waals surface area contributed by atoms with E-state index in [1.165, 1.54) is 6.92 Å². The molecule has 0 unspecified atom stereocenters. The van der Waals surface area contributed by atoms with Crippen molar-refractivity contribution in [3.05, 3.63) is 59.9 Å². The highest BCUT2D eigenvalue weighted by molar-refractivity contribution is 7.91. The Kier molecular flexibility index (Phi) is 5.92. The van der Waals surface area contributed by atoms with Crippen LogP contribution in [-0.4, -0.2) is 33.2 Å². The minimum Gasteiger partial charge on any atom is -0.492 e. The van der Waals surface area contributed by atoms with E-state index in [-0.39, 0.29) is 29.4 Å². The standard InChI is InChI=1S/C17H18FNO4S/c1-2-24(21,22)14-8-9-16(18)15(12-14)17(20)19-10-11-23-13-6-4-3-5-7-13/h3-9,12H,2,10-11H2,1H3,(H,19,20). The molecule has 0 aliphatic heterocycles. The molecule has 128 valence electrons. The van der Waals surface area contributed by atoms with Gasteiger partial charge in [-0.3, -0.25) is 4.79 Å². The highest BCUT2D eigenvalue weighted by Gasteiger charge is 2.18. The number of amides is 1. The van der Waals surface area contributed by atoms with Gasteiger partial charge in [0.2, 0.25) is 0 Å². The molecule has 24 heavy (non-hydrogen) atoms. The second kappa shape index (κ2) is 7.92. The van der Waals surface area contributed by atoms with Crippen molar-refractivity contribution in [3.63, 3.8) is 0 Å². The summed E-state index contributed by atoms with van der Waals surface area (Å²) in [7, 11) is -3.50. The number of carbonyl (C=O) groups excluding carboxylic acids is 1. The molecule has 0 fully saturated rings. The number of para-hydroxylation sites is 1. The van der Waals surface area contributed by atoms with E-state index in [9.17, 15) is 17.6 Å². The predicted octanol–water partition coefficient (Wildman–Crippen LogP) is 2.43. The van der Waals surface area contributed by atoms with Crippen molar-refractivity contribution in [1.82, 2.24) is 5.32 Å². The average molecular weight is 351 g/mol. The van der Waals surface area contributed by atoms with E-state index < -0.39 is 21.6 Å². The summed E-state index contributed by atoms with van der Waals surface area (Å²) in [6, 6.07) is 12.3. The maximum absolute atomic E-state index is 13.8. The molecule has 0 radical (unpaired) electrons. The van der Waals surface area contributed by atoms with Gasteiger partial charge in [0.1, 0.15) is 18.2 Å². The molecule has 1 N–H and O–H groups in total. The van der Waals surface area contributed by atoms with Gasteiger partial charge in [0.05, 0.1) is 22.8 Å². The number of sulfone groups is 1. The van der Waals surface area contributed by atoms with Crippen molar-refractivity contribution < 1.29 is 22.3 Å². The van der Waals surface area contributed by atoms with Gasteiger partial charge in [0, 0.05) is 0 Å². The molecule has 2 rings (SSSR count). The molecule has 2 aromatic rings. The highest BCUT2D eigenvalue weighted by atomic mass is 32.2. The number of carbonyl (C=O) groups is 1. The van der Waals surface area contributed by atoms with Crippen LogP contribution in [-0.2, 0) is 9.84 Å². The third-order valence-electron chi connectivity index (χ3n) is 3.32. The third-order valence-corrected chi connectivity index (χ3v) is 5.05. The van der Waals surface area contributed by atoms with E-state index in [1.54, 1.807) is 12.1 Å². The lowest BCUT2D eigenvalue weighted by atomic mass is 10.2. The van der Waals surface area contributed by atoms with Crippen molar-refractivity contribution in [2.75, 3.05) is 18.9 Å². The average Bonchev–Trinajstić information content (AvgIpc) is 2.59. The van der Waals surface area contributed by atoms with E-state index in [0.717, 1.165) is 18.2 Å². The van der Waals surface area contributed by atoms with Crippen LogP contribution in [0.4, 0.5) is 4.39 Å². The fraction of sp³-hybridized carbons (Fsp3) is 0.235. The first-order valence-corrected chi connectivity index (χ1v) is 9.07. The Labute approximate surface area is 140 Å². The first-order valence-electron chi connectivity index (χ1n) is 7.42. The predicted molar refractivity (Wildman–Crippen MR) is 88.4 cm³/mol. The Balaban J connectivity index is 1.98. The minimum absolute atomic E-state index is 0.0721. The van der Waals surface area contributed by atoms with Gasteiger partial charge in [-0.25, -0.2) is 12.8 Å². The molecule has 0 aromatic heterocycles. The highest BCUT2D eigenvalue weighted by Crippen LogP contribution is 2.16. The molecule has 0 aliphatic rings. The summed E-state index contributed by atoms with van der Waals surface area (Å²) in [5.41, 5.74) is -0.302. The van der Waals surface area contributed by atoms with Crippen LogP contribution in [0.25, 0.3) is 0 Å². The quantitative estimate of drug-likeness (QED) is 0.614. The molecule has 7 heteroatoms. The molecule has 1 amide bonds. The summed E-state index contributed by atoms with van der Waals surface area (Å²) in [6.45, 7) is 1.86. The minimum atomic E-state index is -3.50. The van der Waals surface area contributed by atoms with Crippen LogP contribution in [0.3, 0.4) is 0 Å². The second-order valence-corrected chi connectivity index (χ2v) is 7.24. The molecular formula is C17H18FNO4S. The summed E-state index contributed by atoms with van der Waals surface area (Å²) < 4.78 is 42.9. The Hall–Kier alpha value is -2.41. The number of hydrogen-bond donors (Lipinski definition) is 1. The first kappa shape index (κ1) is 17.9. The zero-order chi connectivity index (χ0) is 17.6. The molecule has 0 heterocycles. The van der Waals surface area contributed by atoms with E-state index in [4.69, 9.17) is 4.74 Å². The summed E-state index contributed by atoms with van der Waals surface area (Å²) >= 11 is 0. The summed E-state index contributed by atoms with van der Waals surface area (Å²) in [5, 5.41) is 2.51. The van der Waals surface area contributed by atoms with Gasteiger partial charge in [-0.05, 0) is 30.3 Å². The molecule has 0 aliphatic carbocycles. The lowest BCUT2D eigenvalue weighted by Gasteiger charge is -2.09. The van der Waals surface area contributed by atoms with Crippen molar-refractivity contribution in [3.8, 4) is 5.75 Å². The summed E-state index contributed by atoms with van der Waals surface area (Å²) in [5.74, 6) is -0.914. The van der Waals surface area contributed by atoms with Crippen molar-refractivity contribution >= 4 is 15.7 Å². The zero-order valence-electron chi connectivity index (χ0n) is 13.2. The molecule has 0 bridgehead atoms. The maximum atomic E-state index is 13.8. The summed E-state index contributed by atoms with van der Waals surface area (Å²) in [4.78, 5) is 12.0. The van der Waals surface area contributed by atoms with Crippen molar-refractivity contribution in [1.29, 1.82) is 0 Å². The Morgan fingerprint density at radius 2 is 1.88 bits per heavy atom. The van der Waals surface area contributed by atoms with Gasteiger partial charge in [-0.2, -0.15) is 0 Å². The number of nitrogens with one attached hydrogen (secondary N) is 1. The topological polar surface area (TPSA) is 72.5 Å². The van der Waals surface area contributed by atoms with E-state index in [0.29, 0.717) is 5.75 Å². The van der Waals surface area contributed by atoms with Crippen LogP contribution in [0.5, 0.6) is 5.75 Å². The monoisotopic (exact) mass is 351 g/mol. The van der Waals surface area contributed by atoms with Gasteiger partial charge in [0.25, 0.3) is 5.91 Å². The molecular weight excluding hydrogens is 333 g/mol. The van der Waals surface area contributed by atoms with Crippen LogP contribution >= 0.6 is 0 Å². The lowest BCUT2D eigenvalue weighted by Crippen LogP contribution is -2.29. The Morgan fingerprint density at radius 3 is 2.54 bits per heavy atom. The van der Waals surface area contributed by atoms with Gasteiger partial charge < -0.3 is 10.1 Å². The smallest absolute Gasteiger partial charge is 0.254 e. The van der Waals surface area contributed by atoms with Gasteiger partial charge in [-0.15, -0.1) is 0 Å². The zero-order valence-corrected chi connectivity index (χ0v) is 14.0. The van der Waals surface area contributed by atoms with E-state index in [1.807, 2.05) is 18.2 Å². The largest absolute Gasteiger partial charge is 0.492 e. The van der Waals surface area contributed by atoms with E-state index in [2.05, 4.69) is 5.32 Å². The molecule has 0 saturated heterocycles. The molecule has 0 saturated carbocycles. The normalized spacial score (nSPS) is 11.1. The second-order valence-electron chi connectivity index (χ2n) is 4.96. The Bertz CT molecular complexity index is 807. The van der Waals surface area contributed by atoms with Gasteiger partial charge in [0.15, 0.2) is 9.84 Å². The Morgan fingerprint density at radius 1 is 1.17 bits per heavy atom. The maximum Gasteiger partial charge on any atom is 0.254 e. The van der Waals surface area contributed by atoms with Crippen molar-refractivity contribution in [2.24, 2.45) is 0 Å². The molecule has 0 spiro atoms. The summed E-state index contributed by atoms with van der Waals surface area (Å²) in [6.07, 6.45) is 0. The number of benzene rings is 2. The van der Waals surface area contributed by atoms with Crippen LogP contribution in [0.1, 0.15) is 17.3 Å².